The Labute approximate surface area is 103 Å². The molecular weight excluding hydrogens is 225 g/mol. The number of alkyl halides is 3. The minimum atomic E-state index is -1.32. The Balaban J connectivity index is 2.35. The fraction of sp³-hybridized carbons (Fsp3) is 1.00. The van der Waals surface area contributed by atoms with E-state index in [9.17, 15) is 13.2 Å². The Bertz CT molecular complexity index is 196. The molecule has 0 bridgehead atoms. The van der Waals surface area contributed by atoms with Crippen LogP contribution in [0.4, 0.5) is 13.2 Å². The van der Waals surface area contributed by atoms with Gasteiger partial charge in [-0.15, -0.1) is 0 Å². The maximum Gasteiger partial charge on any atom is 0.108 e. The zero-order valence-corrected chi connectivity index (χ0v) is 11.0. The van der Waals surface area contributed by atoms with Gasteiger partial charge in [-0.05, 0) is 37.0 Å². The molecule has 0 amide bonds. The lowest BCUT2D eigenvalue weighted by Gasteiger charge is -2.32. The highest BCUT2D eigenvalue weighted by molar-refractivity contribution is 4.78. The summed E-state index contributed by atoms with van der Waals surface area (Å²) >= 11 is 0. The molecule has 1 rings (SSSR count). The lowest BCUT2D eigenvalue weighted by atomic mass is 9.75. The third-order valence-electron chi connectivity index (χ3n) is 4.37. The van der Waals surface area contributed by atoms with Gasteiger partial charge in [-0.1, -0.05) is 26.7 Å². The van der Waals surface area contributed by atoms with Crippen molar-refractivity contribution < 1.29 is 13.2 Å². The average Bonchev–Trinajstić information content (AvgIpc) is 2.31. The van der Waals surface area contributed by atoms with Crippen LogP contribution in [0.2, 0.25) is 0 Å². The molecule has 0 heterocycles. The van der Waals surface area contributed by atoms with Crippen molar-refractivity contribution in [3.63, 3.8) is 0 Å². The molecule has 3 heteroatoms. The second-order valence-corrected chi connectivity index (χ2v) is 5.82. The SMILES string of the molecule is CC1CCC(C(C)CC(F)C(CF)CF)CC1. The summed E-state index contributed by atoms with van der Waals surface area (Å²) in [5, 5.41) is 0. The first kappa shape index (κ1) is 14.8. The molecule has 0 aromatic rings. The lowest BCUT2D eigenvalue weighted by molar-refractivity contribution is 0.111. The molecule has 0 radical (unpaired) electrons. The van der Waals surface area contributed by atoms with Crippen molar-refractivity contribution in [2.75, 3.05) is 13.3 Å². The van der Waals surface area contributed by atoms with Crippen LogP contribution >= 0.6 is 0 Å². The van der Waals surface area contributed by atoms with Gasteiger partial charge in [-0.2, -0.15) is 0 Å². The van der Waals surface area contributed by atoms with Crippen molar-refractivity contribution in [1.82, 2.24) is 0 Å². The topological polar surface area (TPSA) is 0 Å². The van der Waals surface area contributed by atoms with Gasteiger partial charge in [0.1, 0.15) is 6.17 Å². The van der Waals surface area contributed by atoms with Gasteiger partial charge in [0, 0.05) is 5.92 Å². The molecule has 1 saturated carbocycles. The van der Waals surface area contributed by atoms with Gasteiger partial charge in [0.15, 0.2) is 0 Å². The van der Waals surface area contributed by atoms with Gasteiger partial charge < -0.3 is 0 Å². The smallest absolute Gasteiger partial charge is 0.108 e. The Morgan fingerprint density at radius 2 is 1.59 bits per heavy atom. The van der Waals surface area contributed by atoms with Crippen molar-refractivity contribution in [2.45, 2.75) is 52.1 Å². The van der Waals surface area contributed by atoms with Crippen LogP contribution in [0.1, 0.15) is 46.0 Å². The van der Waals surface area contributed by atoms with Crippen LogP contribution in [0.25, 0.3) is 0 Å². The summed E-state index contributed by atoms with van der Waals surface area (Å²) in [7, 11) is 0. The van der Waals surface area contributed by atoms with Gasteiger partial charge >= 0.3 is 0 Å². The van der Waals surface area contributed by atoms with Gasteiger partial charge in [-0.25, -0.2) is 4.39 Å². The van der Waals surface area contributed by atoms with E-state index in [0.29, 0.717) is 12.3 Å². The molecule has 0 saturated heterocycles. The minimum absolute atomic E-state index is 0.248. The van der Waals surface area contributed by atoms with E-state index in [-0.39, 0.29) is 5.92 Å². The molecule has 1 aliphatic rings. The monoisotopic (exact) mass is 250 g/mol. The number of hydrogen-bond acceptors (Lipinski definition) is 0. The van der Waals surface area contributed by atoms with Crippen molar-refractivity contribution >= 4 is 0 Å². The number of rotatable bonds is 6. The molecule has 0 aromatic heterocycles. The lowest BCUT2D eigenvalue weighted by Crippen LogP contribution is -2.26. The van der Waals surface area contributed by atoms with E-state index in [1.165, 1.54) is 12.8 Å². The quantitative estimate of drug-likeness (QED) is 0.639. The Hall–Kier alpha value is -0.210. The Morgan fingerprint density at radius 1 is 1.06 bits per heavy atom. The molecule has 0 N–H and O–H groups in total. The first-order chi connectivity index (χ1) is 8.08. The fourth-order valence-electron chi connectivity index (χ4n) is 2.83. The molecule has 0 nitrogen and oxygen atoms in total. The van der Waals surface area contributed by atoms with Crippen molar-refractivity contribution in [1.29, 1.82) is 0 Å². The van der Waals surface area contributed by atoms with E-state index in [1.807, 2.05) is 6.92 Å². The molecule has 1 aliphatic carbocycles. The summed E-state index contributed by atoms with van der Waals surface area (Å²) in [4.78, 5) is 0. The largest absolute Gasteiger partial charge is 0.251 e. The molecule has 0 aliphatic heterocycles. The predicted molar refractivity (Wildman–Crippen MR) is 65.2 cm³/mol. The van der Waals surface area contributed by atoms with Crippen LogP contribution in [-0.4, -0.2) is 19.5 Å². The van der Waals surface area contributed by atoms with Crippen LogP contribution in [-0.2, 0) is 0 Å². The summed E-state index contributed by atoms with van der Waals surface area (Å²) in [6.07, 6.45) is 3.70. The Kier molecular flexibility index (Phi) is 6.35. The van der Waals surface area contributed by atoms with Crippen LogP contribution < -0.4 is 0 Å². The van der Waals surface area contributed by atoms with E-state index in [2.05, 4.69) is 6.92 Å². The maximum absolute atomic E-state index is 13.7. The molecule has 1 fully saturated rings. The number of halogens is 3. The predicted octanol–water partition coefficient (Wildman–Crippen LogP) is 4.73. The van der Waals surface area contributed by atoms with Crippen LogP contribution in [0.5, 0.6) is 0 Å². The molecule has 102 valence electrons. The van der Waals surface area contributed by atoms with Crippen LogP contribution in [0.3, 0.4) is 0 Å². The summed E-state index contributed by atoms with van der Waals surface area (Å²) in [5.74, 6) is 0.534. The van der Waals surface area contributed by atoms with E-state index in [4.69, 9.17) is 0 Å². The van der Waals surface area contributed by atoms with Crippen molar-refractivity contribution in [3.8, 4) is 0 Å². The maximum atomic E-state index is 13.7. The van der Waals surface area contributed by atoms with Crippen molar-refractivity contribution in [3.05, 3.63) is 0 Å². The second-order valence-electron chi connectivity index (χ2n) is 5.82. The standard InChI is InChI=1S/C14H25F3/c1-10-3-5-12(6-4-10)11(2)7-14(17)13(8-15)9-16/h10-14H,3-9H2,1-2H3. The van der Waals surface area contributed by atoms with E-state index in [1.54, 1.807) is 0 Å². The second kappa shape index (κ2) is 7.27. The molecule has 0 spiro atoms. The average molecular weight is 250 g/mol. The Morgan fingerprint density at radius 3 is 2.06 bits per heavy atom. The van der Waals surface area contributed by atoms with Crippen LogP contribution in [0, 0.1) is 23.7 Å². The minimum Gasteiger partial charge on any atom is -0.251 e. The summed E-state index contributed by atoms with van der Waals surface area (Å²) in [6, 6.07) is 0. The molecular formula is C14H25F3. The van der Waals surface area contributed by atoms with E-state index < -0.39 is 25.4 Å². The third-order valence-corrected chi connectivity index (χ3v) is 4.37. The summed E-state index contributed by atoms with van der Waals surface area (Å²) in [5.41, 5.74) is 0. The van der Waals surface area contributed by atoms with E-state index >= 15 is 0 Å². The molecule has 0 aromatic carbocycles. The van der Waals surface area contributed by atoms with Gasteiger partial charge in [0.25, 0.3) is 0 Å². The molecule has 2 unspecified atom stereocenters. The van der Waals surface area contributed by atoms with Gasteiger partial charge in [-0.3, -0.25) is 8.78 Å². The first-order valence-electron chi connectivity index (χ1n) is 6.84. The van der Waals surface area contributed by atoms with E-state index in [0.717, 1.165) is 18.8 Å². The van der Waals surface area contributed by atoms with Crippen LogP contribution in [0.15, 0.2) is 0 Å². The third kappa shape index (κ3) is 4.51. The van der Waals surface area contributed by atoms with Gasteiger partial charge in [0.2, 0.25) is 0 Å². The zero-order chi connectivity index (χ0) is 12.8. The highest BCUT2D eigenvalue weighted by atomic mass is 19.2. The highest BCUT2D eigenvalue weighted by Crippen LogP contribution is 2.36. The molecule has 17 heavy (non-hydrogen) atoms. The van der Waals surface area contributed by atoms with Crippen molar-refractivity contribution in [2.24, 2.45) is 23.7 Å². The first-order valence-corrected chi connectivity index (χ1v) is 6.84. The summed E-state index contributed by atoms with van der Waals surface area (Å²) < 4.78 is 38.4. The van der Waals surface area contributed by atoms with Gasteiger partial charge in [0.05, 0.1) is 13.3 Å². The zero-order valence-electron chi connectivity index (χ0n) is 11.0. The summed E-state index contributed by atoms with van der Waals surface area (Å²) in [6.45, 7) is 2.51. The number of hydrogen-bond donors (Lipinski definition) is 0. The normalized spacial score (nSPS) is 29.3. The highest BCUT2D eigenvalue weighted by Gasteiger charge is 2.28. The fourth-order valence-corrected chi connectivity index (χ4v) is 2.83. The molecule has 2 atom stereocenters.